The Hall–Kier alpha value is -1.39. The van der Waals surface area contributed by atoms with Crippen LogP contribution in [0.1, 0.15) is 44.9 Å². The van der Waals surface area contributed by atoms with E-state index in [9.17, 15) is 14.4 Å². The van der Waals surface area contributed by atoms with Crippen molar-refractivity contribution in [2.75, 3.05) is 0 Å². The number of carbonyl (C=O) groups excluding carboxylic acids is 3. The van der Waals surface area contributed by atoms with Gasteiger partial charge in [0.1, 0.15) is 5.54 Å². The number of hydrogen-bond acceptors (Lipinski definition) is 3. The third-order valence-corrected chi connectivity index (χ3v) is 3.83. The summed E-state index contributed by atoms with van der Waals surface area (Å²) in [5.74, 6) is -1.01. The first kappa shape index (κ1) is 12.1. The summed E-state index contributed by atoms with van der Waals surface area (Å²) in [6.45, 7) is 0. The highest BCUT2D eigenvalue weighted by Gasteiger charge is 2.50. The molecule has 0 aromatic carbocycles. The van der Waals surface area contributed by atoms with E-state index in [2.05, 4.69) is 5.32 Å². The fourth-order valence-corrected chi connectivity index (χ4v) is 2.08. The molecular weight excluding hydrogens is 220 g/mol. The number of amides is 2. The van der Waals surface area contributed by atoms with Crippen LogP contribution in [0.15, 0.2) is 0 Å². The molecule has 5 nitrogen and oxygen atoms in total. The number of rotatable bonds is 6. The molecule has 0 aromatic heterocycles. The van der Waals surface area contributed by atoms with E-state index in [0.29, 0.717) is 18.8 Å². The van der Waals surface area contributed by atoms with Crippen molar-refractivity contribution in [1.29, 1.82) is 0 Å². The zero-order chi connectivity index (χ0) is 12.5. The van der Waals surface area contributed by atoms with E-state index < -0.39 is 23.1 Å². The topological polar surface area (TPSA) is 89.3 Å². The Kier molecular flexibility index (Phi) is 3.17. The van der Waals surface area contributed by atoms with Crippen LogP contribution in [-0.4, -0.2) is 23.1 Å². The summed E-state index contributed by atoms with van der Waals surface area (Å²) in [6, 6.07) is 0. The van der Waals surface area contributed by atoms with Crippen molar-refractivity contribution >= 4 is 17.6 Å². The van der Waals surface area contributed by atoms with Gasteiger partial charge in [0.2, 0.25) is 11.7 Å². The molecule has 17 heavy (non-hydrogen) atoms. The summed E-state index contributed by atoms with van der Waals surface area (Å²) in [6.07, 6.45) is 5.73. The van der Waals surface area contributed by atoms with Gasteiger partial charge in [0.25, 0.3) is 5.91 Å². The molecule has 0 aliphatic heterocycles. The lowest BCUT2D eigenvalue weighted by molar-refractivity contribution is -0.139. The first-order chi connectivity index (χ1) is 8.03. The summed E-state index contributed by atoms with van der Waals surface area (Å²) in [4.78, 5) is 34.2. The highest BCUT2D eigenvalue weighted by molar-refractivity contribution is 6.36. The second kappa shape index (κ2) is 4.47. The molecule has 0 bridgehead atoms. The van der Waals surface area contributed by atoms with E-state index in [1.165, 1.54) is 19.3 Å². The van der Waals surface area contributed by atoms with Crippen molar-refractivity contribution in [2.45, 2.75) is 50.5 Å². The Balaban J connectivity index is 1.75. The predicted molar refractivity (Wildman–Crippen MR) is 60.9 cm³/mol. The maximum absolute atomic E-state index is 11.6. The SMILES string of the molecule is NC(=O)C1(NC(=O)C(=O)CCC2CCC2)CC1. The molecule has 0 heterocycles. The highest BCUT2D eigenvalue weighted by atomic mass is 16.2. The Bertz CT molecular complexity index is 357. The Morgan fingerprint density at radius 1 is 1.24 bits per heavy atom. The lowest BCUT2D eigenvalue weighted by Gasteiger charge is -2.24. The van der Waals surface area contributed by atoms with Crippen molar-refractivity contribution in [3.05, 3.63) is 0 Å². The van der Waals surface area contributed by atoms with E-state index in [-0.39, 0.29) is 6.42 Å². The number of nitrogens with two attached hydrogens (primary N) is 1. The van der Waals surface area contributed by atoms with Crippen LogP contribution < -0.4 is 11.1 Å². The first-order valence-electron chi connectivity index (χ1n) is 6.19. The third-order valence-electron chi connectivity index (χ3n) is 3.83. The van der Waals surface area contributed by atoms with E-state index in [0.717, 1.165) is 6.42 Å². The van der Waals surface area contributed by atoms with Gasteiger partial charge in [-0.25, -0.2) is 0 Å². The zero-order valence-electron chi connectivity index (χ0n) is 9.83. The normalized spacial score (nSPS) is 21.4. The summed E-state index contributed by atoms with van der Waals surface area (Å²) < 4.78 is 0. The first-order valence-corrected chi connectivity index (χ1v) is 6.19. The largest absolute Gasteiger partial charge is 0.368 e. The van der Waals surface area contributed by atoms with Gasteiger partial charge in [-0.3, -0.25) is 14.4 Å². The molecule has 5 heteroatoms. The van der Waals surface area contributed by atoms with Gasteiger partial charge in [-0.1, -0.05) is 19.3 Å². The molecule has 0 spiro atoms. The van der Waals surface area contributed by atoms with Gasteiger partial charge in [0.15, 0.2) is 0 Å². The second-order valence-corrected chi connectivity index (χ2v) is 5.16. The molecule has 2 amide bonds. The van der Waals surface area contributed by atoms with E-state index in [4.69, 9.17) is 5.73 Å². The minimum absolute atomic E-state index is 0.283. The number of Topliss-reactive ketones (excluding diaryl/α,β-unsaturated/α-hetero) is 1. The number of carbonyl (C=O) groups is 3. The van der Waals surface area contributed by atoms with E-state index >= 15 is 0 Å². The molecule has 2 fully saturated rings. The monoisotopic (exact) mass is 238 g/mol. The molecule has 0 aromatic rings. The molecule has 2 saturated carbocycles. The number of primary amides is 1. The van der Waals surface area contributed by atoms with Crippen LogP contribution >= 0.6 is 0 Å². The number of ketones is 1. The molecule has 0 unspecified atom stereocenters. The summed E-state index contributed by atoms with van der Waals surface area (Å²) in [5.41, 5.74) is 4.24. The van der Waals surface area contributed by atoms with Crippen LogP contribution in [0.3, 0.4) is 0 Å². The van der Waals surface area contributed by atoms with Gasteiger partial charge < -0.3 is 11.1 Å². The Morgan fingerprint density at radius 3 is 2.29 bits per heavy atom. The van der Waals surface area contributed by atoms with Crippen LogP contribution in [0.2, 0.25) is 0 Å². The van der Waals surface area contributed by atoms with Crippen molar-refractivity contribution < 1.29 is 14.4 Å². The van der Waals surface area contributed by atoms with Crippen LogP contribution in [-0.2, 0) is 14.4 Å². The summed E-state index contributed by atoms with van der Waals surface area (Å²) in [7, 11) is 0. The highest BCUT2D eigenvalue weighted by Crippen LogP contribution is 2.35. The molecule has 2 aliphatic carbocycles. The quantitative estimate of drug-likeness (QED) is 0.651. The van der Waals surface area contributed by atoms with Gasteiger partial charge in [-0.05, 0) is 25.2 Å². The van der Waals surface area contributed by atoms with Crippen molar-refractivity contribution in [2.24, 2.45) is 11.7 Å². The van der Waals surface area contributed by atoms with E-state index in [1.54, 1.807) is 0 Å². The molecule has 2 rings (SSSR count). The lowest BCUT2D eigenvalue weighted by atomic mass is 9.82. The Labute approximate surface area is 100 Å². The minimum atomic E-state index is -0.927. The molecular formula is C12H18N2O3. The zero-order valence-corrected chi connectivity index (χ0v) is 9.83. The van der Waals surface area contributed by atoms with Crippen LogP contribution in [0, 0.1) is 5.92 Å². The van der Waals surface area contributed by atoms with Gasteiger partial charge >= 0.3 is 0 Å². The van der Waals surface area contributed by atoms with Crippen molar-refractivity contribution in [3.63, 3.8) is 0 Å². The smallest absolute Gasteiger partial charge is 0.288 e. The molecule has 3 N–H and O–H groups in total. The number of nitrogens with one attached hydrogen (secondary N) is 1. The van der Waals surface area contributed by atoms with Gasteiger partial charge in [0.05, 0.1) is 0 Å². The molecule has 0 atom stereocenters. The maximum atomic E-state index is 11.6. The van der Waals surface area contributed by atoms with Gasteiger partial charge in [-0.2, -0.15) is 0 Å². The predicted octanol–water partition coefficient (Wildman–Crippen LogP) is 0.270. The molecule has 0 radical (unpaired) electrons. The molecule has 94 valence electrons. The molecule has 0 saturated heterocycles. The number of hydrogen-bond donors (Lipinski definition) is 2. The minimum Gasteiger partial charge on any atom is -0.368 e. The van der Waals surface area contributed by atoms with Crippen LogP contribution in [0.25, 0.3) is 0 Å². The molecule has 2 aliphatic rings. The third kappa shape index (κ3) is 2.65. The summed E-state index contributed by atoms with van der Waals surface area (Å²) in [5, 5.41) is 2.46. The van der Waals surface area contributed by atoms with Gasteiger partial charge in [-0.15, -0.1) is 0 Å². The second-order valence-electron chi connectivity index (χ2n) is 5.16. The van der Waals surface area contributed by atoms with Crippen LogP contribution in [0.5, 0.6) is 0 Å². The fraction of sp³-hybridized carbons (Fsp3) is 0.750. The van der Waals surface area contributed by atoms with Crippen LogP contribution in [0.4, 0.5) is 0 Å². The fourth-order valence-electron chi connectivity index (χ4n) is 2.08. The lowest BCUT2D eigenvalue weighted by Crippen LogP contribution is -2.49. The Morgan fingerprint density at radius 2 is 1.88 bits per heavy atom. The van der Waals surface area contributed by atoms with Crippen molar-refractivity contribution in [3.8, 4) is 0 Å². The standard InChI is InChI=1S/C12H18N2O3/c13-11(17)12(6-7-12)14-10(16)9(15)5-4-8-2-1-3-8/h8H,1-7H2,(H2,13,17)(H,14,16). The van der Waals surface area contributed by atoms with Gasteiger partial charge in [0, 0.05) is 6.42 Å². The average Bonchev–Trinajstić information content (AvgIpc) is 2.96. The average molecular weight is 238 g/mol. The van der Waals surface area contributed by atoms with Crippen molar-refractivity contribution in [1.82, 2.24) is 5.32 Å². The maximum Gasteiger partial charge on any atom is 0.288 e. The van der Waals surface area contributed by atoms with E-state index in [1.807, 2.05) is 0 Å². The summed E-state index contributed by atoms with van der Waals surface area (Å²) >= 11 is 0.